The number of carboxylic acids is 1. The van der Waals surface area contributed by atoms with E-state index in [9.17, 15) is 19.5 Å². The van der Waals surface area contributed by atoms with Gasteiger partial charge in [0.2, 0.25) is 5.76 Å². The third-order valence-electron chi connectivity index (χ3n) is 6.35. The number of carboxylic acid groups (broad SMARTS) is 1. The van der Waals surface area contributed by atoms with Gasteiger partial charge in [-0.1, -0.05) is 62.4 Å². The molecule has 35 heavy (non-hydrogen) atoms. The van der Waals surface area contributed by atoms with E-state index in [1.807, 2.05) is 36.4 Å². The molecule has 1 aliphatic rings. The number of aliphatic carboxylic acids is 1. The molecule has 1 aromatic heterocycles. The molecule has 0 spiro atoms. The van der Waals surface area contributed by atoms with Crippen LogP contribution in [0.25, 0.3) is 11.1 Å². The fourth-order valence-electron chi connectivity index (χ4n) is 4.77. The van der Waals surface area contributed by atoms with Gasteiger partial charge < -0.3 is 19.6 Å². The average molecular weight is 477 g/mol. The molecule has 182 valence electrons. The van der Waals surface area contributed by atoms with Gasteiger partial charge in [0.15, 0.2) is 0 Å². The summed E-state index contributed by atoms with van der Waals surface area (Å²) >= 11 is 0. The highest BCUT2D eigenvalue weighted by Gasteiger charge is 2.31. The molecule has 0 radical (unpaired) electrons. The van der Waals surface area contributed by atoms with E-state index in [-0.39, 0.29) is 29.9 Å². The molecule has 8 nitrogen and oxygen atoms in total. The molecule has 3 N–H and O–H groups in total. The standard InChI is InChI=1S/C27H28N2O6/c1-15(2)23(26(31)32)16(3)28-25(30)24-22(12-13-34-24)29-27(33)35-14-21-19-10-6-4-8-17(19)18-9-5-7-11-20(18)21/h4-13,15-16,21,23H,14H2,1-3H3,(H,28,30)(H,29,33)(H,31,32). The van der Waals surface area contributed by atoms with E-state index in [1.165, 1.54) is 12.3 Å². The minimum Gasteiger partial charge on any atom is -0.481 e. The van der Waals surface area contributed by atoms with Crippen molar-refractivity contribution in [3.8, 4) is 11.1 Å². The quantitative estimate of drug-likeness (QED) is 0.416. The van der Waals surface area contributed by atoms with Crippen molar-refractivity contribution in [1.29, 1.82) is 0 Å². The van der Waals surface area contributed by atoms with Gasteiger partial charge in [-0.3, -0.25) is 14.9 Å². The van der Waals surface area contributed by atoms with Crippen LogP contribution < -0.4 is 10.6 Å². The maximum absolute atomic E-state index is 12.7. The Kier molecular flexibility index (Phi) is 6.91. The van der Waals surface area contributed by atoms with Gasteiger partial charge in [0.25, 0.3) is 5.91 Å². The summed E-state index contributed by atoms with van der Waals surface area (Å²) in [5.74, 6) is -2.79. The highest BCUT2D eigenvalue weighted by atomic mass is 16.5. The van der Waals surface area contributed by atoms with Crippen molar-refractivity contribution in [2.24, 2.45) is 11.8 Å². The number of furan rings is 1. The van der Waals surface area contributed by atoms with Crippen LogP contribution in [0.2, 0.25) is 0 Å². The van der Waals surface area contributed by atoms with Gasteiger partial charge in [0, 0.05) is 18.0 Å². The number of hydrogen-bond acceptors (Lipinski definition) is 5. The van der Waals surface area contributed by atoms with Gasteiger partial charge in [-0.2, -0.15) is 0 Å². The Hall–Kier alpha value is -4.07. The normalized spacial score (nSPS) is 14.1. The van der Waals surface area contributed by atoms with Crippen molar-refractivity contribution in [3.63, 3.8) is 0 Å². The Morgan fingerprint density at radius 1 is 0.971 bits per heavy atom. The zero-order valence-corrected chi connectivity index (χ0v) is 19.8. The van der Waals surface area contributed by atoms with Crippen molar-refractivity contribution in [1.82, 2.24) is 5.32 Å². The smallest absolute Gasteiger partial charge is 0.411 e. The number of fused-ring (bicyclic) bond motifs is 3. The number of rotatable bonds is 8. The average Bonchev–Trinajstić information content (AvgIpc) is 3.39. The second-order valence-corrected chi connectivity index (χ2v) is 8.98. The number of amides is 2. The molecular formula is C27H28N2O6. The molecule has 0 saturated carbocycles. The number of benzene rings is 2. The first-order chi connectivity index (χ1) is 16.8. The second-order valence-electron chi connectivity index (χ2n) is 8.98. The van der Waals surface area contributed by atoms with Gasteiger partial charge in [0.05, 0.1) is 17.9 Å². The number of ether oxygens (including phenoxy) is 1. The number of carbonyl (C=O) groups excluding carboxylic acids is 2. The topological polar surface area (TPSA) is 118 Å². The molecule has 1 aliphatic carbocycles. The number of anilines is 1. The first-order valence-corrected chi connectivity index (χ1v) is 11.5. The summed E-state index contributed by atoms with van der Waals surface area (Å²) in [5, 5.41) is 14.7. The molecule has 2 amide bonds. The molecule has 0 saturated heterocycles. The van der Waals surface area contributed by atoms with Crippen LogP contribution in [-0.4, -0.2) is 35.7 Å². The predicted octanol–water partition coefficient (Wildman–Crippen LogP) is 5.12. The van der Waals surface area contributed by atoms with Crippen LogP contribution in [0.4, 0.5) is 10.5 Å². The van der Waals surface area contributed by atoms with E-state index in [0.29, 0.717) is 0 Å². The summed E-state index contributed by atoms with van der Waals surface area (Å²) in [6, 6.07) is 16.9. The zero-order chi connectivity index (χ0) is 25.1. The Morgan fingerprint density at radius 2 is 1.57 bits per heavy atom. The van der Waals surface area contributed by atoms with E-state index >= 15 is 0 Å². The van der Waals surface area contributed by atoms with Crippen molar-refractivity contribution < 1.29 is 28.6 Å². The lowest BCUT2D eigenvalue weighted by Crippen LogP contribution is -2.43. The summed E-state index contributed by atoms with van der Waals surface area (Å²) in [6.07, 6.45) is 0.552. The Balaban J connectivity index is 1.40. The monoisotopic (exact) mass is 476 g/mol. The van der Waals surface area contributed by atoms with E-state index in [4.69, 9.17) is 9.15 Å². The Labute approximate surface area is 203 Å². The number of hydrogen-bond donors (Lipinski definition) is 3. The molecule has 2 atom stereocenters. The summed E-state index contributed by atoms with van der Waals surface area (Å²) in [7, 11) is 0. The lowest BCUT2D eigenvalue weighted by Gasteiger charge is -2.24. The highest BCUT2D eigenvalue weighted by Crippen LogP contribution is 2.44. The van der Waals surface area contributed by atoms with Crippen LogP contribution in [-0.2, 0) is 9.53 Å². The van der Waals surface area contributed by atoms with E-state index in [0.717, 1.165) is 22.3 Å². The summed E-state index contributed by atoms with van der Waals surface area (Å²) in [4.78, 5) is 36.9. The first-order valence-electron chi connectivity index (χ1n) is 11.5. The largest absolute Gasteiger partial charge is 0.481 e. The minimum atomic E-state index is -0.996. The Morgan fingerprint density at radius 3 is 2.14 bits per heavy atom. The highest BCUT2D eigenvalue weighted by molar-refractivity contribution is 6.00. The molecule has 1 heterocycles. The second kappa shape index (κ2) is 10.0. The molecular weight excluding hydrogens is 448 g/mol. The van der Waals surface area contributed by atoms with Gasteiger partial charge in [-0.25, -0.2) is 4.79 Å². The first kappa shape index (κ1) is 24.1. The van der Waals surface area contributed by atoms with E-state index in [1.54, 1.807) is 20.8 Å². The maximum atomic E-state index is 12.7. The van der Waals surface area contributed by atoms with Gasteiger partial charge in [-0.15, -0.1) is 0 Å². The molecule has 0 fully saturated rings. The molecule has 8 heteroatoms. The van der Waals surface area contributed by atoms with Crippen LogP contribution in [0.3, 0.4) is 0 Å². The fraction of sp³-hybridized carbons (Fsp3) is 0.296. The van der Waals surface area contributed by atoms with E-state index in [2.05, 4.69) is 22.8 Å². The summed E-state index contributed by atoms with van der Waals surface area (Å²) in [6.45, 7) is 5.31. The molecule has 4 rings (SSSR count). The van der Waals surface area contributed by atoms with Crippen LogP contribution in [0.1, 0.15) is 48.4 Å². The number of carbonyl (C=O) groups is 3. The van der Waals surface area contributed by atoms with E-state index < -0.39 is 29.9 Å². The van der Waals surface area contributed by atoms with Crippen molar-refractivity contribution >= 4 is 23.7 Å². The fourth-order valence-corrected chi connectivity index (χ4v) is 4.77. The lowest BCUT2D eigenvalue weighted by molar-refractivity contribution is -0.144. The van der Waals surface area contributed by atoms with Crippen molar-refractivity contribution in [3.05, 3.63) is 77.7 Å². The van der Waals surface area contributed by atoms with Crippen LogP contribution in [0.5, 0.6) is 0 Å². The number of nitrogens with one attached hydrogen (secondary N) is 2. The molecule has 3 aromatic rings. The predicted molar refractivity (Wildman–Crippen MR) is 130 cm³/mol. The lowest BCUT2D eigenvalue weighted by atomic mass is 9.89. The van der Waals surface area contributed by atoms with Crippen LogP contribution >= 0.6 is 0 Å². The summed E-state index contributed by atoms with van der Waals surface area (Å²) < 4.78 is 10.8. The third kappa shape index (κ3) is 4.91. The summed E-state index contributed by atoms with van der Waals surface area (Å²) in [5.41, 5.74) is 4.58. The van der Waals surface area contributed by atoms with Gasteiger partial charge in [0.1, 0.15) is 6.61 Å². The molecule has 2 aromatic carbocycles. The van der Waals surface area contributed by atoms with Crippen LogP contribution in [0, 0.1) is 11.8 Å². The minimum absolute atomic E-state index is 0.0925. The molecule has 0 aliphatic heterocycles. The SMILES string of the molecule is CC(C)C(C(=O)O)C(C)NC(=O)c1occc1NC(=O)OCC1c2ccccc2-c2ccccc21. The molecule has 0 bridgehead atoms. The van der Waals surface area contributed by atoms with Crippen molar-refractivity contribution in [2.45, 2.75) is 32.7 Å². The zero-order valence-electron chi connectivity index (χ0n) is 19.8. The van der Waals surface area contributed by atoms with Crippen LogP contribution in [0.15, 0.2) is 65.3 Å². The van der Waals surface area contributed by atoms with Gasteiger partial charge in [-0.05, 0) is 35.1 Å². The van der Waals surface area contributed by atoms with Gasteiger partial charge >= 0.3 is 12.1 Å². The maximum Gasteiger partial charge on any atom is 0.411 e. The third-order valence-corrected chi connectivity index (χ3v) is 6.35. The van der Waals surface area contributed by atoms with Crippen molar-refractivity contribution in [2.75, 3.05) is 11.9 Å². The Bertz CT molecular complexity index is 1200. The molecule has 2 unspecified atom stereocenters.